The van der Waals surface area contributed by atoms with Crippen molar-refractivity contribution in [3.05, 3.63) is 0 Å². The second-order valence-corrected chi connectivity index (χ2v) is 5.29. The van der Waals surface area contributed by atoms with E-state index in [2.05, 4.69) is 6.92 Å². The number of urea groups is 1. The molecule has 17 heavy (non-hydrogen) atoms. The number of hydrogen-bond donors (Lipinski definition) is 1. The first-order chi connectivity index (χ1) is 7.70. The molecule has 2 rings (SSSR count). The van der Waals surface area contributed by atoms with Gasteiger partial charge in [-0.05, 0) is 37.6 Å². The first kappa shape index (κ1) is 14.6. The Morgan fingerprint density at radius 3 is 2.29 bits per heavy atom. The highest BCUT2D eigenvalue weighted by molar-refractivity contribution is 5.85. The van der Waals surface area contributed by atoms with Crippen molar-refractivity contribution in [1.29, 1.82) is 0 Å². The van der Waals surface area contributed by atoms with E-state index in [1.54, 1.807) is 0 Å². The predicted octanol–water partition coefficient (Wildman–Crippen LogP) is 1.54. The highest BCUT2D eigenvalue weighted by atomic mass is 35.5. The number of piperidine rings is 1. The molecule has 0 radical (unpaired) electrons. The molecular weight excluding hydrogens is 238 g/mol. The Kier molecular flexibility index (Phi) is 5.53. The van der Waals surface area contributed by atoms with E-state index in [0.717, 1.165) is 51.4 Å². The molecule has 2 saturated heterocycles. The fourth-order valence-corrected chi connectivity index (χ4v) is 2.60. The number of nitrogens with zero attached hydrogens (tertiary/aromatic N) is 2. The van der Waals surface area contributed by atoms with Gasteiger partial charge in [0, 0.05) is 26.2 Å². The topological polar surface area (TPSA) is 49.6 Å². The lowest BCUT2D eigenvalue weighted by Gasteiger charge is -2.33. The van der Waals surface area contributed by atoms with Gasteiger partial charge in [-0.1, -0.05) is 6.92 Å². The monoisotopic (exact) mass is 261 g/mol. The summed E-state index contributed by atoms with van der Waals surface area (Å²) in [6, 6.07) is 0.239. The van der Waals surface area contributed by atoms with Crippen LogP contribution in [0.25, 0.3) is 0 Å². The zero-order valence-corrected chi connectivity index (χ0v) is 11.4. The van der Waals surface area contributed by atoms with Crippen molar-refractivity contribution in [1.82, 2.24) is 9.80 Å². The maximum absolute atomic E-state index is 12.2. The molecule has 1 atom stereocenters. The van der Waals surface area contributed by atoms with Crippen molar-refractivity contribution in [2.75, 3.05) is 32.7 Å². The van der Waals surface area contributed by atoms with Gasteiger partial charge in [0.05, 0.1) is 0 Å². The molecule has 1 unspecified atom stereocenters. The van der Waals surface area contributed by atoms with Crippen molar-refractivity contribution in [2.24, 2.45) is 17.6 Å². The minimum atomic E-state index is 0. The average Bonchev–Trinajstić information content (AvgIpc) is 2.77. The van der Waals surface area contributed by atoms with E-state index in [0.29, 0.717) is 12.5 Å². The standard InChI is InChI=1S/C12H23N3O.ClH/c1-10-2-5-14(6-3-10)12(16)15-7-4-11(8-13)9-15;/h10-11H,2-9,13H2,1H3;1H. The third kappa shape index (κ3) is 3.49. The molecule has 2 aliphatic heterocycles. The van der Waals surface area contributed by atoms with E-state index in [-0.39, 0.29) is 18.4 Å². The van der Waals surface area contributed by atoms with Crippen LogP contribution in [0.5, 0.6) is 0 Å². The van der Waals surface area contributed by atoms with Crippen molar-refractivity contribution in [2.45, 2.75) is 26.2 Å². The molecule has 2 fully saturated rings. The van der Waals surface area contributed by atoms with Gasteiger partial charge in [0.2, 0.25) is 0 Å². The van der Waals surface area contributed by atoms with Crippen LogP contribution >= 0.6 is 12.4 Å². The van der Waals surface area contributed by atoms with Crippen LogP contribution in [0, 0.1) is 11.8 Å². The number of amides is 2. The average molecular weight is 262 g/mol. The number of likely N-dealkylation sites (tertiary alicyclic amines) is 2. The fraction of sp³-hybridized carbons (Fsp3) is 0.917. The van der Waals surface area contributed by atoms with Crippen molar-refractivity contribution in [3.63, 3.8) is 0 Å². The Balaban J connectivity index is 0.00000144. The molecule has 2 aliphatic rings. The van der Waals surface area contributed by atoms with Crippen molar-refractivity contribution < 1.29 is 4.79 Å². The zero-order valence-electron chi connectivity index (χ0n) is 10.6. The summed E-state index contributed by atoms with van der Waals surface area (Å²) < 4.78 is 0. The molecule has 0 spiro atoms. The lowest BCUT2D eigenvalue weighted by atomic mass is 10.00. The van der Waals surface area contributed by atoms with E-state index in [9.17, 15) is 4.79 Å². The Labute approximate surface area is 110 Å². The van der Waals surface area contributed by atoms with Gasteiger partial charge in [-0.2, -0.15) is 0 Å². The number of carbonyl (C=O) groups excluding carboxylic acids is 1. The van der Waals surface area contributed by atoms with Gasteiger partial charge in [0.1, 0.15) is 0 Å². The van der Waals surface area contributed by atoms with Crippen LogP contribution < -0.4 is 5.73 Å². The van der Waals surface area contributed by atoms with Crippen LogP contribution in [0.3, 0.4) is 0 Å². The van der Waals surface area contributed by atoms with E-state index in [1.165, 1.54) is 0 Å². The van der Waals surface area contributed by atoms with E-state index < -0.39 is 0 Å². The molecular formula is C12H24ClN3O. The maximum Gasteiger partial charge on any atom is 0.320 e. The summed E-state index contributed by atoms with van der Waals surface area (Å²) in [6.45, 7) is 6.60. The smallest absolute Gasteiger partial charge is 0.320 e. The molecule has 2 heterocycles. The van der Waals surface area contributed by atoms with Crippen molar-refractivity contribution in [3.8, 4) is 0 Å². The lowest BCUT2D eigenvalue weighted by molar-refractivity contribution is 0.141. The van der Waals surface area contributed by atoms with E-state index in [1.807, 2.05) is 9.80 Å². The normalized spacial score (nSPS) is 25.9. The van der Waals surface area contributed by atoms with Gasteiger partial charge in [-0.15, -0.1) is 12.4 Å². The first-order valence-corrected chi connectivity index (χ1v) is 6.44. The second kappa shape index (κ2) is 6.45. The van der Waals surface area contributed by atoms with Crippen LogP contribution in [0.15, 0.2) is 0 Å². The van der Waals surface area contributed by atoms with Gasteiger partial charge in [0.25, 0.3) is 0 Å². The highest BCUT2D eigenvalue weighted by Crippen LogP contribution is 2.21. The van der Waals surface area contributed by atoms with Crippen LogP contribution in [0.4, 0.5) is 4.79 Å². The molecule has 0 aromatic heterocycles. The molecule has 0 aromatic carbocycles. The minimum absolute atomic E-state index is 0. The molecule has 0 aromatic rings. The summed E-state index contributed by atoms with van der Waals surface area (Å²) in [5.41, 5.74) is 5.64. The summed E-state index contributed by atoms with van der Waals surface area (Å²) in [5.74, 6) is 1.30. The number of halogens is 1. The minimum Gasteiger partial charge on any atom is -0.330 e. The second-order valence-electron chi connectivity index (χ2n) is 5.29. The molecule has 4 nitrogen and oxygen atoms in total. The SMILES string of the molecule is CC1CCN(C(=O)N2CCC(CN)C2)CC1.Cl. The summed E-state index contributed by atoms with van der Waals surface area (Å²) in [6.07, 6.45) is 3.38. The van der Waals surface area contributed by atoms with Crippen LogP contribution in [0.1, 0.15) is 26.2 Å². The van der Waals surface area contributed by atoms with E-state index >= 15 is 0 Å². The molecule has 5 heteroatoms. The molecule has 0 bridgehead atoms. The third-order valence-corrected chi connectivity index (χ3v) is 3.94. The Morgan fingerprint density at radius 2 is 1.76 bits per heavy atom. The molecule has 2 amide bonds. The quantitative estimate of drug-likeness (QED) is 0.779. The van der Waals surface area contributed by atoms with Gasteiger partial charge < -0.3 is 15.5 Å². The number of hydrogen-bond acceptors (Lipinski definition) is 2. The van der Waals surface area contributed by atoms with Crippen LogP contribution in [-0.2, 0) is 0 Å². The van der Waals surface area contributed by atoms with Crippen molar-refractivity contribution >= 4 is 18.4 Å². The molecule has 0 saturated carbocycles. The number of nitrogens with two attached hydrogens (primary N) is 1. The summed E-state index contributed by atoms with van der Waals surface area (Å²) in [7, 11) is 0. The van der Waals surface area contributed by atoms with Gasteiger partial charge in [-0.25, -0.2) is 4.79 Å². The predicted molar refractivity (Wildman–Crippen MR) is 71.3 cm³/mol. The number of rotatable bonds is 1. The van der Waals surface area contributed by atoms with Gasteiger partial charge >= 0.3 is 6.03 Å². The molecule has 0 aliphatic carbocycles. The van der Waals surface area contributed by atoms with Gasteiger partial charge in [-0.3, -0.25) is 0 Å². The largest absolute Gasteiger partial charge is 0.330 e. The Hall–Kier alpha value is -0.480. The summed E-state index contributed by atoms with van der Waals surface area (Å²) in [5, 5.41) is 0. The highest BCUT2D eigenvalue weighted by Gasteiger charge is 2.29. The van der Waals surface area contributed by atoms with Crippen LogP contribution in [-0.4, -0.2) is 48.6 Å². The van der Waals surface area contributed by atoms with Gasteiger partial charge in [0.15, 0.2) is 0 Å². The summed E-state index contributed by atoms with van der Waals surface area (Å²) in [4.78, 5) is 16.2. The fourth-order valence-electron chi connectivity index (χ4n) is 2.60. The zero-order chi connectivity index (χ0) is 11.5. The van der Waals surface area contributed by atoms with Crippen LogP contribution in [0.2, 0.25) is 0 Å². The Bertz CT molecular complexity index is 250. The lowest BCUT2D eigenvalue weighted by Crippen LogP contribution is -2.45. The Morgan fingerprint density at radius 1 is 1.18 bits per heavy atom. The molecule has 2 N–H and O–H groups in total. The summed E-state index contributed by atoms with van der Waals surface area (Å²) >= 11 is 0. The molecule has 100 valence electrons. The third-order valence-electron chi connectivity index (χ3n) is 3.94. The maximum atomic E-state index is 12.2. The number of carbonyl (C=O) groups is 1. The van der Waals surface area contributed by atoms with E-state index in [4.69, 9.17) is 5.73 Å². The first-order valence-electron chi connectivity index (χ1n) is 6.44.